The van der Waals surface area contributed by atoms with Crippen molar-refractivity contribution in [1.29, 1.82) is 0 Å². The molecule has 0 radical (unpaired) electrons. The Hall–Kier alpha value is -3.53. The fraction of sp³-hybridized carbons (Fsp3) is 0.516. The normalized spacial score (nSPS) is 23.3. The van der Waals surface area contributed by atoms with Crippen molar-refractivity contribution in [3.8, 4) is 5.75 Å². The second-order valence-corrected chi connectivity index (χ2v) is 11.3. The molecular formula is C31H40F2N4O4. The van der Waals surface area contributed by atoms with Crippen LogP contribution in [0.4, 0.5) is 8.78 Å². The molecule has 41 heavy (non-hydrogen) atoms. The highest BCUT2D eigenvalue weighted by Gasteiger charge is 2.34. The Kier molecular flexibility index (Phi) is 10.7. The van der Waals surface area contributed by atoms with E-state index in [1.165, 1.54) is 6.07 Å². The molecule has 4 rings (SSSR count). The summed E-state index contributed by atoms with van der Waals surface area (Å²) >= 11 is 0. The van der Waals surface area contributed by atoms with Gasteiger partial charge in [-0.3, -0.25) is 14.4 Å². The van der Waals surface area contributed by atoms with Crippen molar-refractivity contribution in [3.63, 3.8) is 0 Å². The van der Waals surface area contributed by atoms with Crippen LogP contribution in [0.25, 0.3) is 0 Å². The van der Waals surface area contributed by atoms with Gasteiger partial charge in [0.25, 0.3) is 0 Å². The number of ether oxygens (including phenoxy) is 1. The van der Waals surface area contributed by atoms with Crippen molar-refractivity contribution in [2.24, 2.45) is 11.8 Å². The van der Waals surface area contributed by atoms with Crippen LogP contribution < -0.4 is 26.0 Å². The zero-order chi connectivity index (χ0) is 29.4. The maximum Gasteiger partial charge on any atom is 0.243 e. The molecule has 1 heterocycles. The minimum atomic E-state index is -0.998. The summed E-state index contributed by atoms with van der Waals surface area (Å²) in [6, 6.07) is 8.76. The number of nitrogens with one attached hydrogen (secondary N) is 4. The lowest BCUT2D eigenvalue weighted by atomic mass is 10.00. The molecule has 10 heteroatoms. The van der Waals surface area contributed by atoms with Gasteiger partial charge in [-0.25, -0.2) is 8.78 Å². The van der Waals surface area contributed by atoms with E-state index in [1.54, 1.807) is 0 Å². The third-order valence-electron chi connectivity index (χ3n) is 7.53. The number of hydrogen-bond acceptors (Lipinski definition) is 5. The van der Waals surface area contributed by atoms with Gasteiger partial charge in [0, 0.05) is 13.1 Å². The molecule has 3 amide bonds. The van der Waals surface area contributed by atoms with Gasteiger partial charge in [0.15, 0.2) is 11.6 Å². The molecule has 0 saturated heterocycles. The molecule has 0 unspecified atom stereocenters. The molecule has 8 nitrogen and oxygen atoms in total. The van der Waals surface area contributed by atoms with Gasteiger partial charge in [0.1, 0.15) is 24.4 Å². The van der Waals surface area contributed by atoms with E-state index in [0.717, 1.165) is 36.3 Å². The number of aryl methyl sites for hydroxylation is 1. The van der Waals surface area contributed by atoms with Crippen LogP contribution in [0.3, 0.4) is 0 Å². The molecule has 3 atom stereocenters. The third-order valence-corrected chi connectivity index (χ3v) is 7.53. The molecule has 1 aliphatic carbocycles. The van der Waals surface area contributed by atoms with Crippen LogP contribution in [-0.4, -0.2) is 55.5 Å². The quantitative estimate of drug-likeness (QED) is 0.442. The molecule has 1 saturated carbocycles. The Morgan fingerprint density at radius 2 is 1.68 bits per heavy atom. The van der Waals surface area contributed by atoms with E-state index < -0.39 is 41.6 Å². The number of carbonyl (C=O) groups is 3. The smallest absolute Gasteiger partial charge is 0.243 e. The third kappa shape index (κ3) is 8.98. The lowest BCUT2D eigenvalue weighted by Crippen LogP contribution is -2.58. The summed E-state index contributed by atoms with van der Waals surface area (Å²) in [4.78, 5) is 40.0. The maximum absolute atomic E-state index is 13.9. The molecule has 1 aliphatic heterocycles. The summed E-state index contributed by atoms with van der Waals surface area (Å²) in [6.45, 7) is 4.65. The second-order valence-electron chi connectivity index (χ2n) is 11.3. The zero-order valence-corrected chi connectivity index (χ0v) is 23.7. The predicted octanol–water partition coefficient (Wildman–Crippen LogP) is 3.03. The van der Waals surface area contributed by atoms with Crippen molar-refractivity contribution < 1.29 is 27.9 Å². The van der Waals surface area contributed by atoms with Crippen molar-refractivity contribution in [2.45, 2.75) is 70.5 Å². The molecule has 4 N–H and O–H groups in total. The fourth-order valence-electron chi connectivity index (χ4n) is 4.99. The van der Waals surface area contributed by atoms with Crippen LogP contribution in [0.2, 0.25) is 0 Å². The van der Waals surface area contributed by atoms with Gasteiger partial charge in [-0.1, -0.05) is 51.0 Å². The molecule has 222 valence electrons. The number of amides is 3. The van der Waals surface area contributed by atoms with Crippen LogP contribution in [0, 0.1) is 23.5 Å². The molecule has 0 bridgehead atoms. The topological polar surface area (TPSA) is 109 Å². The number of carbonyl (C=O) groups excluding carboxylic acids is 3. The molecule has 2 aliphatic rings. The monoisotopic (exact) mass is 570 g/mol. The van der Waals surface area contributed by atoms with Crippen molar-refractivity contribution in [2.75, 3.05) is 19.7 Å². The summed E-state index contributed by atoms with van der Waals surface area (Å²) in [5, 5.41) is 11.9. The minimum Gasteiger partial charge on any atom is -0.492 e. The van der Waals surface area contributed by atoms with Gasteiger partial charge in [-0.15, -0.1) is 0 Å². The Labute approximate surface area is 240 Å². The van der Waals surface area contributed by atoms with Crippen LogP contribution in [0.15, 0.2) is 42.5 Å². The van der Waals surface area contributed by atoms with E-state index in [2.05, 4.69) is 21.3 Å². The van der Waals surface area contributed by atoms with Gasteiger partial charge in [-0.05, 0) is 66.8 Å². The first kappa shape index (κ1) is 30.4. The molecule has 2 aromatic rings. The SMILES string of the molecule is CC(C)[C@H]1NC(=O)[C@@H](Cc2ccc(F)c(F)c2)NCCOc2ccccc2CCCNC(=O)[C@H](CC2CC2)NC1=O. The Balaban J connectivity index is 1.57. The first-order valence-electron chi connectivity index (χ1n) is 14.5. The molecule has 1 fully saturated rings. The van der Waals surface area contributed by atoms with Crippen LogP contribution in [-0.2, 0) is 27.2 Å². The number of halogens is 2. The number of fused-ring (bicyclic) bond motifs is 1. The predicted molar refractivity (Wildman–Crippen MR) is 151 cm³/mol. The lowest BCUT2D eigenvalue weighted by Gasteiger charge is -2.27. The van der Waals surface area contributed by atoms with Gasteiger partial charge in [-0.2, -0.15) is 0 Å². The maximum atomic E-state index is 13.9. The molecule has 0 aromatic heterocycles. The van der Waals surface area contributed by atoms with E-state index in [-0.39, 0.29) is 24.9 Å². The first-order chi connectivity index (χ1) is 19.7. The summed E-state index contributed by atoms with van der Waals surface area (Å²) in [5.41, 5.74) is 1.43. The minimum absolute atomic E-state index is 0.0682. The summed E-state index contributed by atoms with van der Waals surface area (Å²) < 4.78 is 33.5. The summed E-state index contributed by atoms with van der Waals surface area (Å²) in [5.74, 6) is -2.24. The molecule has 0 spiro atoms. The Morgan fingerprint density at radius 1 is 0.902 bits per heavy atom. The van der Waals surface area contributed by atoms with E-state index >= 15 is 0 Å². The number of hydrogen-bond donors (Lipinski definition) is 4. The highest BCUT2D eigenvalue weighted by Crippen LogP contribution is 2.33. The Morgan fingerprint density at radius 3 is 2.41 bits per heavy atom. The molecule has 2 aromatic carbocycles. The van der Waals surface area contributed by atoms with Crippen LogP contribution in [0.5, 0.6) is 5.75 Å². The first-order valence-corrected chi connectivity index (χ1v) is 14.5. The van der Waals surface area contributed by atoms with E-state index in [4.69, 9.17) is 4.74 Å². The van der Waals surface area contributed by atoms with Crippen LogP contribution in [0.1, 0.15) is 50.7 Å². The average Bonchev–Trinajstić information content (AvgIpc) is 3.76. The standard InChI is InChI=1S/C31H40F2N4O4/c1-19(2)28-31(40)36-26(17-20-9-10-20)29(38)35-13-5-7-22-6-3-4-8-27(22)41-15-14-34-25(30(39)37-28)18-21-11-12-23(32)24(33)16-21/h3-4,6,8,11-12,16,19-20,25-26,28,34H,5,7,9-10,13-15,17-18H2,1-2H3,(H,35,38)(H,36,40)(H,37,39)/t25-,26+,28-/m1/s1. The highest BCUT2D eigenvalue weighted by atomic mass is 19.2. The number of rotatable bonds is 5. The van der Waals surface area contributed by atoms with Gasteiger partial charge in [0.05, 0.1) is 6.04 Å². The fourth-order valence-corrected chi connectivity index (χ4v) is 4.99. The summed E-state index contributed by atoms with van der Waals surface area (Å²) in [7, 11) is 0. The highest BCUT2D eigenvalue weighted by molar-refractivity contribution is 5.93. The number of benzene rings is 2. The largest absolute Gasteiger partial charge is 0.492 e. The van der Waals surface area contributed by atoms with Crippen molar-refractivity contribution in [3.05, 3.63) is 65.2 Å². The van der Waals surface area contributed by atoms with Crippen molar-refractivity contribution in [1.82, 2.24) is 21.3 Å². The van der Waals surface area contributed by atoms with Crippen molar-refractivity contribution >= 4 is 17.7 Å². The second kappa shape index (κ2) is 14.4. The van der Waals surface area contributed by atoms with E-state index in [1.807, 2.05) is 38.1 Å². The molecular weight excluding hydrogens is 530 g/mol. The van der Waals surface area contributed by atoms with Gasteiger partial charge in [0.2, 0.25) is 17.7 Å². The number of para-hydroxylation sites is 1. The van der Waals surface area contributed by atoms with Crippen LogP contribution >= 0.6 is 0 Å². The van der Waals surface area contributed by atoms with Gasteiger partial charge < -0.3 is 26.0 Å². The van der Waals surface area contributed by atoms with E-state index in [9.17, 15) is 23.2 Å². The van der Waals surface area contributed by atoms with E-state index in [0.29, 0.717) is 43.8 Å². The Bertz CT molecular complexity index is 1220. The average molecular weight is 571 g/mol. The summed E-state index contributed by atoms with van der Waals surface area (Å²) in [6.07, 6.45) is 4.07. The van der Waals surface area contributed by atoms with Gasteiger partial charge >= 0.3 is 0 Å². The zero-order valence-electron chi connectivity index (χ0n) is 23.7. The lowest BCUT2D eigenvalue weighted by molar-refractivity contribution is -0.133.